The summed E-state index contributed by atoms with van der Waals surface area (Å²) in [5, 5.41) is 9.91. The average molecular weight is 567 g/mol. The van der Waals surface area contributed by atoms with Crippen LogP contribution in [0.3, 0.4) is 0 Å². The highest BCUT2D eigenvalue weighted by Crippen LogP contribution is 2.52. The van der Waals surface area contributed by atoms with Crippen molar-refractivity contribution in [3.8, 4) is 16.9 Å². The van der Waals surface area contributed by atoms with Gasteiger partial charge in [-0.3, -0.25) is 0 Å². The molecule has 3 heteroatoms. The summed E-state index contributed by atoms with van der Waals surface area (Å²) in [7, 11) is -1.96. The molecule has 202 valence electrons. The Kier molecular flexibility index (Phi) is 6.99. The first kappa shape index (κ1) is 26.2. The largest absolute Gasteiger partial charge is 0.491 e. The number of fused-ring (bicyclic) bond motifs is 7. The molecule has 1 heterocycles. The summed E-state index contributed by atoms with van der Waals surface area (Å²) < 4.78 is 6.31. The van der Waals surface area contributed by atoms with E-state index in [4.69, 9.17) is 4.74 Å². The predicted molar refractivity (Wildman–Crippen MR) is 182 cm³/mol. The van der Waals surface area contributed by atoms with E-state index in [9.17, 15) is 0 Å². The summed E-state index contributed by atoms with van der Waals surface area (Å²) >= 11 is 0. The van der Waals surface area contributed by atoms with Gasteiger partial charge in [0.1, 0.15) is 14.5 Å². The standard InChI is InChI=1S/C38H35OPSi/c1-26(2)39-33-16-8-10-18-35(33)41(3)36-19-11-9-17-34(36)40-24-29-22-20-27-12-4-6-14-31(27)37(29)38-30(25-40)23-21-28-13-5-7-15-32(28)38/h4-23,26,41H,24-25H2,1-3H3/t41-/m1/s1. The lowest BCUT2D eigenvalue weighted by molar-refractivity contribution is 0.244. The number of para-hydroxylation sites is 1. The van der Waals surface area contributed by atoms with Crippen LogP contribution in [0.15, 0.2) is 121 Å². The highest BCUT2D eigenvalue weighted by molar-refractivity contribution is 7.64. The van der Waals surface area contributed by atoms with Crippen LogP contribution in [0.2, 0.25) is 6.55 Å². The fraction of sp³-hybridized carbons (Fsp3) is 0.158. The lowest BCUT2D eigenvalue weighted by atomic mass is 9.88. The molecule has 0 aliphatic carbocycles. The molecule has 0 saturated carbocycles. The van der Waals surface area contributed by atoms with Gasteiger partial charge in [0, 0.05) is 0 Å². The molecule has 0 bridgehead atoms. The average Bonchev–Trinajstić information content (AvgIpc) is 3.18. The monoisotopic (exact) mass is 566 g/mol. The van der Waals surface area contributed by atoms with E-state index >= 15 is 0 Å². The molecular weight excluding hydrogens is 531 g/mol. The number of hydrogen-bond acceptors (Lipinski definition) is 1. The maximum absolute atomic E-state index is 6.31. The van der Waals surface area contributed by atoms with Gasteiger partial charge < -0.3 is 4.74 Å². The smallest absolute Gasteiger partial charge is 0.118 e. The molecule has 0 unspecified atom stereocenters. The molecule has 0 fully saturated rings. The van der Waals surface area contributed by atoms with Crippen molar-refractivity contribution >= 4 is 53.9 Å². The first-order valence-corrected chi connectivity index (χ1v) is 18.7. The van der Waals surface area contributed by atoms with Crippen LogP contribution in [-0.2, 0) is 12.3 Å². The SMILES string of the molecule is CC(C)Oc1ccccc1[Si@@H](C)c1ccccc1P1Cc2ccc3ccccc3c2-c2c(ccc3ccccc23)C1. The van der Waals surface area contributed by atoms with Gasteiger partial charge in [-0.25, -0.2) is 0 Å². The zero-order valence-electron chi connectivity index (χ0n) is 24.0. The molecule has 0 spiro atoms. The fourth-order valence-corrected chi connectivity index (χ4v) is 12.6. The molecule has 1 nitrogen and oxygen atoms in total. The van der Waals surface area contributed by atoms with Crippen LogP contribution >= 0.6 is 7.92 Å². The van der Waals surface area contributed by atoms with Crippen molar-refractivity contribution < 1.29 is 4.74 Å². The van der Waals surface area contributed by atoms with Gasteiger partial charge in [-0.1, -0.05) is 135 Å². The highest BCUT2D eigenvalue weighted by Gasteiger charge is 2.28. The molecular formula is C38H35OPSi. The van der Waals surface area contributed by atoms with Crippen molar-refractivity contribution in [3.63, 3.8) is 0 Å². The van der Waals surface area contributed by atoms with Crippen LogP contribution in [0.4, 0.5) is 0 Å². The van der Waals surface area contributed by atoms with Crippen molar-refractivity contribution in [1.29, 1.82) is 0 Å². The third-order valence-corrected chi connectivity index (χ3v) is 14.1. The maximum atomic E-state index is 6.31. The number of ether oxygens (including phenoxy) is 1. The lowest BCUT2D eigenvalue weighted by Gasteiger charge is -2.25. The summed E-state index contributed by atoms with van der Waals surface area (Å²) in [6.45, 7) is 6.72. The van der Waals surface area contributed by atoms with E-state index in [-0.39, 0.29) is 6.10 Å². The zero-order valence-corrected chi connectivity index (χ0v) is 26.0. The molecule has 0 amide bonds. The van der Waals surface area contributed by atoms with E-state index in [1.807, 2.05) is 0 Å². The second-order valence-corrected chi connectivity index (χ2v) is 16.4. The van der Waals surface area contributed by atoms with E-state index in [1.54, 1.807) is 10.5 Å². The van der Waals surface area contributed by atoms with Crippen molar-refractivity contribution in [3.05, 3.63) is 132 Å². The first-order chi connectivity index (χ1) is 20.1. The Morgan fingerprint density at radius 1 is 0.585 bits per heavy atom. The molecule has 6 aromatic carbocycles. The van der Waals surface area contributed by atoms with Gasteiger partial charge in [0.2, 0.25) is 0 Å². The highest BCUT2D eigenvalue weighted by atomic mass is 31.1. The van der Waals surface area contributed by atoms with Gasteiger partial charge in [0.15, 0.2) is 0 Å². The van der Waals surface area contributed by atoms with Crippen LogP contribution in [0.1, 0.15) is 25.0 Å². The van der Waals surface area contributed by atoms with Crippen LogP contribution in [0.25, 0.3) is 32.7 Å². The molecule has 1 aliphatic rings. The van der Waals surface area contributed by atoms with Crippen molar-refractivity contribution in [2.75, 3.05) is 0 Å². The molecule has 0 N–H and O–H groups in total. The number of rotatable bonds is 5. The van der Waals surface area contributed by atoms with Crippen molar-refractivity contribution in [2.24, 2.45) is 0 Å². The minimum atomic E-state index is -1.50. The van der Waals surface area contributed by atoms with E-state index in [2.05, 4.69) is 142 Å². The Morgan fingerprint density at radius 3 is 1.71 bits per heavy atom. The molecule has 0 radical (unpaired) electrons. The Balaban J connectivity index is 1.41. The minimum Gasteiger partial charge on any atom is -0.491 e. The quantitative estimate of drug-likeness (QED) is 0.151. The molecule has 0 aromatic heterocycles. The number of benzene rings is 6. The van der Waals surface area contributed by atoms with Gasteiger partial charge in [0.25, 0.3) is 0 Å². The third-order valence-electron chi connectivity index (χ3n) is 8.50. The second-order valence-electron chi connectivity index (χ2n) is 11.5. The van der Waals surface area contributed by atoms with Crippen LogP contribution < -0.4 is 20.4 Å². The van der Waals surface area contributed by atoms with Gasteiger partial charge in [-0.2, -0.15) is 0 Å². The molecule has 6 aromatic rings. The molecule has 41 heavy (non-hydrogen) atoms. The van der Waals surface area contributed by atoms with Crippen LogP contribution in [0, 0.1) is 0 Å². The second kappa shape index (κ2) is 10.9. The molecule has 1 aliphatic heterocycles. The topological polar surface area (TPSA) is 9.23 Å². The summed E-state index contributed by atoms with van der Waals surface area (Å²) in [6, 6.07) is 45.4. The normalized spacial score (nSPS) is 14.0. The van der Waals surface area contributed by atoms with Gasteiger partial charge in [-0.05, 0) is 86.5 Å². The Morgan fingerprint density at radius 2 is 1.10 bits per heavy atom. The summed E-state index contributed by atoms with van der Waals surface area (Å²) in [4.78, 5) is 0. The first-order valence-electron chi connectivity index (χ1n) is 14.7. The van der Waals surface area contributed by atoms with E-state index in [1.165, 1.54) is 49.0 Å². The molecule has 1 atom stereocenters. The van der Waals surface area contributed by atoms with Gasteiger partial charge in [-0.15, -0.1) is 0 Å². The van der Waals surface area contributed by atoms with E-state index in [0.717, 1.165) is 18.1 Å². The summed E-state index contributed by atoms with van der Waals surface area (Å²) in [6.07, 6.45) is 2.36. The van der Waals surface area contributed by atoms with Crippen molar-refractivity contribution in [1.82, 2.24) is 0 Å². The molecule has 0 saturated heterocycles. The Hall–Kier alpha value is -3.71. The maximum Gasteiger partial charge on any atom is 0.118 e. The Labute approximate surface area is 246 Å². The summed E-state index contributed by atoms with van der Waals surface area (Å²) in [5.74, 6) is 1.05. The zero-order chi connectivity index (χ0) is 27.9. The van der Waals surface area contributed by atoms with Gasteiger partial charge in [0.05, 0.1) is 6.10 Å². The lowest BCUT2D eigenvalue weighted by Crippen LogP contribution is -2.46. The van der Waals surface area contributed by atoms with Crippen LogP contribution in [-0.4, -0.2) is 14.9 Å². The van der Waals surface area contributed by atoms with Crippen LogP contribution in [0.5, 0.6) is 5.75 Å². The Bertz CT molecular complexity index is 1800. The molecule has 7 rings (SSSR count). The predicted octanol–water partition coefficient (Wildman–Crippen LogP) is 8.24. The van der Waals surface area contributed by atoms with Gasteiger partial charge >= 0.3 is 0 Å². The third kappa shape index (κ3) is 4.80. The summed E-state index contributed by atoms with van der Waals surface area (Å²) in [5.41, 5.74) is 5.85. The van der Waals surface area contributed by atoms with E-state index < -0.39 is 16.7 Å². The minimum absolute atomic E-state index is 0.163. The number of hydrogen-bond donors (Lipinski definition) is 0. The van der Waals surface area contributed by atoms with Crippen molar-refractivity contribution in [2.45, 2.75) is 38.8 Å². The fourth-order valence-electron chi connectivity index (χ4n) is 6.63. The van der Waals surface area contributed by atoms with E-state index in [0.29, 0.717) is 0 Å².